The highest BCUT2D eigenvalue weighted by atomic mass is 35.5. The smallest absolute Gasteiger partial charge is 0.288 e. The van der Waals surface area contributed by atoms with Crippen molar-refractivity contribution in [3.63, 3.8) is 0 Å². The first-order valence-electron chi connectivity index (χ1n) is 7.25. The van der Waals surface area contributed by atoms with Gasteiger partial charge in [-0.05, 0) is 24.3 Å². The van der Waals surface area contributed by atoms with Crippen LogP contribution in [0, 0.1) is 10.1 Å². The van der Waals surface area contributed by atoms with Crippen molar-refractivity contribution in [2.24, 2.45) is 0 Å². The van der Waals surface area contributed by atoms with Gasteiger partial charge >= 0.3 is 0 Å². The summed E-state index contributed by atoms with van der Waals surface area (Å²) in [6.45, 7) is -0.625. The highest BCUT2D eigenvalue weighted by Crippen LogP contribution is 2.34. The zero-order valence-corrected chi connectivity index (χ0v) is 15.6. The number of hydrogen-bond acceptors (Lipinski definition) is 8. The van der Waals surface area contributed by atoms with E-state index in [0.717, 1.165) is 16.7 Å². The first kappa shape index (κ1) is 19.1. The number of thiocarbonyl (C=S) groups is 1. The highest BCUT2D eigenvalue weighted by Gasteiger charge is 2.32. The van der Waals surface area contributed by atoms with Crippen LogP contribution in [0.3, 0.4) is 0 Å². The lowest BCUT2D eigenvalue weighted by Crippen LogP contribution is -2.40. The number of carboxylic acids is 1. The monoisotopic (exact) mass is 423 g/mol. The topological polar surface area (TPSA) is 117 Å². The van der Waals surface area contributed by atoms with Gasteiger partial charge in [0.25, 0.3) is 11.6 Å². The van der Waals surface area contributed by atoms with E-state index in [0.29, 0.717) is 17.1 Å². The molecular weight excluding hydrogens is 416 g/mol. The van der Waals surface area contributed by atoms with Crippen molar-refractivity contribution in [2.75, 3.05) is 6.54 Å². The first-order valence-corrected chi connectivity index (χ1v) is 8.86. The average Bonchev–Trinajstić information content (AvgIpc) is 3.15. The minimum absolute atomic E-state index is 0.00660. The SMILES string of the molecule is O=C([O-])CN1C(=O)/C(=C/c2ccc(-c3ccc(Cl)c([N+](=O)[O-])c3)o2)SC1=S. The molecule has 8 nitrogen and oxygen atoms in total. The molecule has 1 aromatic heterocycles. The second kappa shape index (κ2) is 7.51. The number of aliphatic carboxylic acids is 1. The van der Waals surface area contributed by atoms with E-state index in [-0.39, 0.29) is 19.9 Å². The fourth-order valence-electron chi connectivity index (χ4n) is 2.29. The molecule has 0 N–H and O–H groups in total. The van der Waals surface area contributed by atoms with Crippen LogP contribution in [0.2, 0.25) is 5.02 Å². The zero-order valence-electron chi connectivity index (χ0n) is 13.2. The molecule has 27 heavy (non-hydrogen) atoms. The van der Waals surface area contributed by atoms with Crippen LogP contribution in [0.15, 0.2) is 39.7 Å². The summed E-state index contributed by atoms with van der Waals surface area (Å²) in [4.78, 5) is 34.4. The van der Waals surface area contributed by atoms with E-state index in [1.165, 1.54) is 18.2 Å². The molecule has 1 aromatic carbocycles. The number of carbonyl (C=O) groups excluding carboxylic acids is 2. The van der Waals surface area contributed by atoms with Gasteiger partial charge in [-0.15, -0.1) is 0 Å². The number of nitrogens with zero attached hydrogens (tertiary/aromatic N) is 2. The van der Waals surface area contributed by atoms with Crippen LogP contribution in [-0.2, 0) is 9.59 Å². The van der Waals surface area contributed by atoms with Crippen molar-refractivity contribution in [1.29, 1.82) is 0 Å². The lowest BCUT2D eigenvalue weighted by Gasteiger charge is -2.14. The number of nitro benzene ring substituents is 1. The zero-order chi connectivity index (χ0) is 19.7. The van der Waals surface area contributed by atoms with Gasteiger partial charge in [-0.1, -0.05) is 35.6 Å². The Balaban J connectivity index is 1.87. The number of carbonyl (C=O) groups is 2. The van der Waals surface area contributed by atoms with Gasteiger partial charge in [0.05, 0.1) is 22.3 Å². The van der Waals surface area contributed by atoms with Crippen LogP contribution in [0.4, 0.5) is 5.69 Å². The second-order valence-corrected chi connectivity index (χ2v) is 7.35. The molecule has 138 valence electrons. The molecular formula is C16H8ClN2O6S2-. The fourth-order valence-corrected chi connectivity index (χ4v) is 3.71. The molecule has 3 rings (SSSR count). The summed E-state index contributed by atoms with van der Waals surface area (Å²) in [6.07, 6.45) is 1.42. The van der Waals surface area contributed by atoms with Gasteiger partial charge in [-0.3, -0.25) is 19.8 Å². The minimum Gasteiger partial charge on any atom is -0.548 e. The van der Waals surface area contributed by atoms with Crippen LogP contribution < -0.4 is 5.11 Å². The molecule has 1 saturated heterocycles. The number of thioether (sulfide) groups is 1. The maximum atomic E-state index is 12.2. The van der Waals surface area contributed by atoms with E-state index in [4.69, 9.17) is 28.2 Å². The number of halogens is 1. The number of furan rings is 1. The van der Waals surface area contributed by atoms with Gasteiger partial charge in [0.1, 0.15) is 20.9 Å². The predicted molar refractivity (Wildman–Crippen MR) is 101 cm³/mol. The van der Waals surface area contributed by atoms with Crippen LogP contribution >= 0.6 is 35.6 Å². The molecule has 2 heterocycles. The maximum Gasteiger partial charge on any atom is 0.288 e. The fraction of sp³-hybridized carbons (Fsp3) is 0.0625. The quantitative estimate of drug-likeness (QED) is 0.311. The predicted octanol–water partition coefficient (Wildman–Crippen LogP) is 2.46. The largest absolute Gasteiger partial charge is 0.548 e. The Bertz CT molecular complexity index is 1020. The number of carboxylic acid groups (broad SMARTS) is 1. The van der Waals surface area contributed by atoms with E-state index in [1.807, 2.05) is 0 Å². The molecule has 0 spiro atoms. The summed E-state index contributed by atoms with van der Waals surface area (Å²) in [5, 5.41) is 21.7. The van der Waals surface area contributed by atoms with E-state index in [1.54, 1.807) is 18.2 Å². The lowest BCUT2D eigenvalue weighted by molar-refractivity contribution is -0.384. The van der Waals surface area contributed by atoms with Crippen molar-refractivity contribution in [1.82, 2.24) is 4.90 Å². The number of nitro groups is 1. The highest BCUT2D eigenvalue weighted by molar-refractivity contribution is 8.26. The van der Waals surface area contributed by atoms with E-state index in [2.05, 4.69) is 0 Å². The third-order valence-electron chi connectivity index (χ3n) is 3.49. The molecule has 0 aliphatic carbocycles. The number of rotatable bonds is 5. The molecule has 1 aliphatic rings. The van der Waals surface area contributed by atoms with Gasteiger partial charge in [0, 0.05) is 17.7 Å². The summed E-state index contributed by atoms with van der Waals surface area (Å²) in [5.41, 5.74) is 0.186. The third kappa shape index (κ3) is 4.02. The van der Waals surface area contributed by atoms with Crippen LogP contribution in [0.1, 0.15) is 5.76 Å². The Kier molecular flexibility index (Phi) is 5.31. The van der Waals surface area contributed by atoms with Crippen molar-refractivity contribution < 1.29 is 24.0 Å². The molecule has 0 unspecified atom stereocenters. The summed E-state index contributed by atoms with van der Waals surface area (Å²) >= 11 is 11.7. The number of amides is 1. The van der Waals surface area contributed by atoms with Crippen molar-refractivity contribution in [3.05, 3.63) is 56.1 Å². The normalized spacial score (nSPS) is 15.6. The number of hydrogen-bond donors (Lipinski definition) is 0. The molecule has 0 saturated carbocycles. The second-order valence-electron chi connectivity index (χ2n) is 5.27. The Labute approximate surface area is 166 Å². The molecule has 0 atom stereocenters. The summed E-state index contributed by atoms with van der Waals surface area (Å²) < 4.78 is 5.72. The Morgan fingerprint density at radius 3 is 2.78 bits per heavy atom. The molecule has 2 aromatic rings. The van der Waals surface area contributed by atoms with Gasteiger partial charge in [0.15, 0.2) is 0 Å². The van der Waals surface area contributed by atoms with Crippen molar-refractivity contribution in [2.45, 2.75) is 0 Å². The van der Waals surface area contributed by atoms with Crippen LogP contribution in [-0.4, -0.2) is 32.6 Å². The first-order chi connectivity index (χ1) is 12.8. The molecule has 11 heteroatoms. The van der Waals surface area contributed by atoms with E-state index >= 15 is 0 Å². The molecule has 0 radical (unpaired) electrons. The van der Waals surface area contributed by atoms with Gasteiger partial charge in [-0.25, -0.2) is 0 Å². The minimum atomic E-state index is -1.42. The maximum absolute atomic E-state index is 12.2. The van der Waals surface area contributed by atoms with Crippen molar-refractivity contribution in [3.8, 4) is 11.3 Å². The summed E-state index contributed by atoms with van der Waals surface area (Å²) in [7, 11) is 0. The van der Waals surface area contributed by atoms with Crippen LogP contribution in [0.25, 0.3) is 17.4 Å². The Morgan fingerprint density at radius 2 is 2.11 bits per heavy atom. The number of benzene rings is 1. The average molecular weight is 424 g/mol. The Morgan fingerprint density at radius 1 is 1.37 bits per heavy atom. The molecule has 1 fully saturated rings. The van der Waals surface area contributed by atoms with Crippen LogP contribution in [0.5, 0.6) is 0 Å². The molecule has 1 amide bonds. The van der Waals surface area contributed by atoms with Gasteiger partial charge < -0.3 is 14.3 Å². The van der Waals surface area contributed by atoms with Crippen molar-refractivity contribution >= 4 is 63.5 Å². The van der Waals surface area contributed by atoms with Gasteiger partial charge in [0.2, 0.25) is 0 Å². The molecule has 1 aliphatic heterocycles. The molecule has 0 bridgehead atoms. The van der Waals surface area contributed by atoms with E-state index < -0.39 is 23.3 Å². The van der Waals surface area contributed by atoms with Gasteiger partial charge in [-0.2, -0.15) is 0 Å². The Hall–Kier alpha value is -2.69. The standard InChI is InChI=1S/C16H9ClN2O6S2/c17-10-3-1-8(5-11(10)19(23)24)12-4-2-9(25-12)6-13-15(22)18(7-14(20)21)16(26)27-13/h1-6H,7H2,(H,20,21)/p-1/b13-6-. The summed E-state index contributed by atoms with van der Waals surface area (Å²) in [5.74, 6) is -1.34. The lowest BCUT2D eigenvalue weighted by atomic mass is 10.1. The summed E-state index contributed by atoms with van der Waals surface area (Å²) in [6, 6.07) is 7.39. The third-order valence-corrected chi connectivity index (χ3v) is 5.19. The van der Waals surface area contributed by atoms with E-state index in [9.17, 15) is 24.8 Å².